The van der Waals surface area contributed by atoms with Gasteiger partial charge in [-0.3, -0.25) is 10.1 Å². The monoisotopic (exact) mass is 279 g/mol. The van der Waals surface area contributed by atoms with Gasteiger partial charge in [0.25, 0.3) is 0 Å². The van der Waals surface area contributed by atoms with E-state index in [0.29, 0.717) is 0 Å². The van der Waals surface area contributed by atoms with Crippen LogP contribution in [0.5, 0.6) is 0 Å². The minimum Gasteiger partial charge on any atom is -0.264 e. The minimum atomic E-state index is -0.244. The van der Waals surface area contributed by atoms with E-state index in [2.05, 4.69) is 0 Å². The maximum absolute atomic E-state index is 10.7. The molecule has 1 atom stereocenters. The van der Waals surface area contributed by atoms with E-state index >= 15 is 0 Å². The zero-order valence-electron chi connectivity index (χ0n) is 9.91. The van der Waals surface area contributed by atoms with Crippen LogP contribution in [0.2, 0.25) is 0 Å². The van der Waals surface area contributed by atoms with Gasteiger partial charge in [-0.2, -0.15) is 0 Å². The van der Waals surface area contributed by atoms with E-state index < -0.39 is 0 Å². The third-order valence-electron chi connectivity index (χ3n) is 2.47. The lowest BCUT2D eigenvalue weighted by Gasteiger charge is -2.10. The van der Waals surface area contributed by atoms with Crippen molar-refractivity contribution in [1.29, 1.82) is 0 Å². The summed E-state index contributed by atoms with van der Waals surface area (Å²) in [6, 6.07) is 12.0. The van der Waals surface area contributed by atoms with E-state index in [-0.39, 0.29) is 16.7 Å². The molecule has 1 unspecified atom stereocenters. The van der Waals surface area contributed by atoms with Crippen LogP contribution >= 0.6 is 23.1 Å². The number of hydrogen-bond donors (Lipinski definition) is 0. The first kappa shape index (κ1) is 13.1. The van der Waals surface area contributed by atoms with Crippen LogP contribution in [-0.4, -0.2) is 11.5 Å². The van der Waals surface area contributed by atoms with Crippen molar-refractivity contribution in [2.75, 3.05) is 6.54 Å². The Labute approximate surface area is 114 Å². The summed E-state index contributed by atoms with van der Waals surface area (Å²) in [6.07, 6.45) is 0. The molecule has 94 valence electrons. The number of aryl methyl sites for hydroxylation is 1. The lowest BCUT2D eigenvalue weighted by Crippen LogP contribution is -2.08. The van der Waals surface area contributed by atoms with Crippen LogP contribution in [0.25, 0.3) is 0 Å². The average Bonchev–Trinajstić information content (AvgIpc) is 2.84. The number of rotatable bonds is 5. The van der Waals surface area contributed by atoms with Gasteiger partial charge in [-0.1, -0.05) is 23.8 Å². The van der Waals surface area contributed by atoms with Crippen LogP contribution in [0.3, 0.4) is 0 Å². The summed E-state index contributed by atoms with van der Waals surface area (Å²) >= 11 is 3.12. The second-order valence-electron chi connectivity index (χ2n) is 3.95. The highest BCUT2D eigenvalue weighted by Crippen LogP contribution is 2.37. The van der Waals surface area contributed by atoms with Crippen LogP contribution in [0.4, 0.5) is 0 Å². The first-order valence-electron chi connectivity index (χ1n) is 5.53. The van der Waals surface area contributed by atoms with Crippen molar-refractivity contribution in [2.24, 2.45) is 0 Å². The van der Waals surface area contributed by atoms with Gasteiger partial charge in [0.1, 0.15) is 5.25 Å². The summed E-state index contributed by atoms with van der Waals surface area (Å²) < 4.78 is 0. The van der Waals surface area contributed by atoms with Crippen LogP contribution in [0.1, 0.15) is 15.7 Å². The molecule has 18 heavy (non-hydrogen) atoms. The molecule has 5 heteroatoms. The number of benzene rings is 1. The Bertz CT molecular complexity index is 508. The van der Waals surface area contributed by atoms with E-state index in [1.54, 1.807) is 23.1 Å². The molecule has 2 aromatic rings. The maximum Gasteiger partial charge on any atom is 0.220 e. The topological polar surface area (TPSA) is 43.1 Å². The molecule has 0 aliphatic rings. The predicted molar refractivity (Wildman–Crippen MR) is 76.0 cm³/mol. The largest absolute Gasteiger partial charge is 0.264 e. The van der Waals surface area contributed by atoms with Gasteiger partial charge in [-0.15, -0.1) is 23.1 Å². The number of thioether (sulfide) groups is 1. The number of nitrogens with zero attached hydrogens (tertiary/aromatic N) is 1. The Balaban J connectivity index is 2.15. The molecular formula is C13H13NO2S2. The predicted octanol–water partition coefficient (Wildman–Crippen LogP) is 4.17. The average molecular weight is 279 g/mol. The fraction of sp³-hybridized carbons (Fsp3) is 0.231. The quantitative estimate of drug-likeness (QED) is 0.469. The van der Waals surface area contributed by atoms with Crippen molar-refractivity contribution < 1.29 is 4.92 Å². The zero-order valence-corrected chi connectivity index (χ0v) is 11.5. The molecule has 1 aromatic carbocycles. The lowest BCUT2D eigenvalue weighted by molar-refractivity contribution is -0.479. The Kier molecular flexibility index (Phi) is 4.38. The smallest absolute Gasteiger partial charge is 0.220 e. The minimum absolute atomic E-state index is 0.0426. The molecule has 0 spiro atoms. The van der Waals surface area contributed by atoms with Crippen molar-refractivity contribution >= 4 is 23.1 Å². The van der Waals surface area contributed by atoms with E-state index in [4.69, 9.17) is 0 Å². The molecule has 2 rings (SSSR count). The molecular weight excluding hydrogens is 266 g/mol. The lowest BCUT2D eigenvalue weighted by atomic mass is 10.2. The van der Waals surface area contributed by atoms with Gasteiger partial charge in [-0.05, 0) is 30.5 Å². The van der Waals surface area contributed by atoms with Crippen molar-refractivity contribution in [3.05, 3.63) is 62.3 Å². The number of nitro groups is 1. The molecule has 0 aliphatic carbocycles. The fourth-order valence-electron chi connectivity index (χ4n) is 1.58. The Morgan fingerprint density at radius 3 is 2.61 bits per heavy atom. The van der Waals surface area contributed by atoms with Crippen molar-refractivity contribution in [2.45, 2.75) is 17.1 Å². The van der Waals surface area contributed by atoms with E-state index in [1.807, 2.05) is 48.7 Å². The van der Waals surface area contributed by atoms with Gasteiger partial charge >= 0.3 is 0 Å². The van der Waals surface area contributed by atoms with Gasteiger partial charge < -0.3 is 0 Å². The van der Waals surface area contributed by atoms with Gasteiger partial charge in [0.15, 0.2) is 0 Å². The molecule has 1 heterocycles. The summed E-state index contributed by atoms with van der Waals surface area (Å²) in [7, 11) is 0. The molecule has 0 bridgehead atoms. The van der Waals surface area contributed by atoms with Crippen LogP contribution in [0.15, 0.2) is 46.7 Å². The van der Waals surface area contributed by atoms with Crippen LogP contribution in [-0.2, 0) is 0 Å². The van der Waals surface area contributed by atoms with Crippen molar-refractivity contribution in [1.82, 2.24) is 0 Å². The summed E-state index contributed by atoms with van der Waals surface area (Å²) in [5.74, 6) is 0. The first-order valence-corrected chi connectivity index (χ1v) is 7.29. The third kappa shape index (κ3) is 3.58. The fourth-order valence-corrected chi connectivity index (χ4v) is 3.60. The number of thiophene rings is 1. The third-order valence-corrected chi connectivity index (χ3v) is 4.84. The molecule has 0 saturated carbocycles. The SMILES string of the molecule is Cc1ccc(SC(C[N+](=O)[O-])c2cccs2)cc1. The molecule has 0 fully saturated rings. The van der Waals surface area contributed by atoms with Crippen LogP contribution < -0.4 is 0 Å². The van der Waals surface area contributed by atoms with Gasteiger partial charge in [-0.25, -0.2) is 0 Å². The highest BCUT2D eigenvalue weighted by Gasteiger charge is 2.20. The molecule has 0 saturated heterocycles. The molecule has 0 radical (unpaired) electrons. The highest BCUT2D eigenvalue weighted by molar-refractivity contribution is 7.99. The Morgan fingerprint density at radius 2 is 2.06 bits per heavy atom. The molecule has 0 amide bonds. The van der Waals surface area contributed by atoms with Crippen LogP contribution in [0, 0.1) is 17.0 Å². The van der Waals surface area contributed by atoms with Gasteiger partial charge in [0.05, 0.1) is 0 Å². The Hall–Kier alpha value is -1.33. The van der Waals surface area contributed by atoms with Gasteiger partial charge in [0.2, 0.25) is 6.54 Å². The second-order valence-corrected chi connectivity index (χ2v) is 6.21. The Morgan fingerprint density at radius 1 is 1.33 bits per heavy atom. The summed E-state index contributed by atoms with van der Waals surface area (Å²) in [4.78, 5) is 12.6. The van der Waals surface area contributed by atoms with E-state index in [0.717, 1.165) is 9.77 Å². The summed E-state index contributed by atoms with van der Waals surface area (Å²) in [6.45, 7) is 1.99. The van der Waals surface area contributed by atoms with E-state index in [9.17, 15) is 10.1 Å². The maximum atomic E-state index is 10.7. The first-order chi connectivity index (χ1) is 8.65. The molecule has 0 N–H and O–H groups in total. The van der Waals surface area contributed by atoms with Crippen molar-refractivity contribution in [3.8, 4) is 0 Å². The normalized spacial score (nSPS) is 12.3. The van der Waals surface area contributed by atoms with E-state index in [1.165, 1.54) is 5.56 Å². The summed E-state index contributed by atoms with van der Waals surface area (Å²) in [5.41, 5.74) is 1.20. The molecule has 0 aliphatic heterocycles. The van der Waals surface area contributed by atoms with Crippen molar-refractivity contribution in [3.63, 3.8) is 0 Å². The summed E-state index contributed by atoms with van der Waals surface area (Å²) in [5, 5.41) is 12.6. The standard InChI is InChI=1S/C13H13NO2S2/c1-10-4-6-11(7-5-10)18-13(9-14(15)16)12-3-2-8-17-12/h2-8,13H,9H2,1H3. The number of hydrogen-bond acceptors (Lipinski definition) is 4. The van der Waals surface area contributed by atoms with Gasteiger partial charge in [0, 0.05) is 14.7 Å². The molecule has 3 nitrogen and oxygen atoms in total. The second kappa shape index (κ2) is 6.02. The highest BCUT2D eigenvalue weighted by atomic mass is 32.2. The zero-order chi connectivity index (χ0) is 13.0. The molecule has 1 aromatic heterocycles.